The summed E-state index contributed by atoms with van der Waals surface area (Å²) in [5.74, 6) is 2.54. The summed E-state index contributed by atoms with van der Waals surface area (Å²) in [6.45, 7) is 0.102. The molecule has 0 saturated carbocycles. The largest absolute Gasteiger partial charge is 0.464 e. The molecule has 0 aliphatic carbocycles. The average Bonchev–Trinajstić information content (AvgIpc) is 2.15. The summed E-state index contributed by atoms with van der Waals surface area (Å²) in [4.78, 5) is 13.4. The molecule has 1 heterocycles. The maximum absolute atomic E-state index is 10.2. The van der Waals surface area contributed by atoms with Crippen molar-refractivity contribution in [3.63, 3.8) is 0 Å². The Bertz CT molecular complexity index is 339. The van der Waals surface area contributed by atoms with Gasteiger partial charge in [-0.1, -0.05) is 5.92 Å². The number of ether oxygens (including phenoxy) is 1. The number of pyridine rings is 1. The Morgan fingerprint density at radius 2 is 2.46 bits per heavy atom. The summed E-state index contributed by atoms with van der Waals surface area (Å²) in [7, 11) is 0. The van der Waals surface area contributed by atoms with Crippen molar-refractivity contribution in [1.82, 2.24) is 4.98 Å². The molecule has 0 N–H and O–H groups in total. The zero-order valence-electron chi connectivity index (χ0n) is 6.64. The molecule has 5 heteroatoms. The highest BCUT2D eigenvalue weighted by molar-refractivity contribution is 5.28. The highest BCUT2D eigenvalue weighted by Gasteiger charge is 2.04. The second-order valence-electron chi connectivity index (χ2n) is 2.10. The van der Waals surface area contributed by atoms with E-state index in [-0.39, 0.29) is 18.2 Å². The SMILES string of the molecule is C#CCOc1ccc([N+](=O)[O-])cn1. The normalized spacial score (nSPS) is 8.85. The van der Waals surface area contributed by atoms with Gasteiger partial charge in [-0.3, -0.25) is 10.1 Å². The molecule has 0 atom stereocenters. The van der Waals surface area contributed by atoms with Crippen molar-refractivity contribution >= 4 is 5.69 Å². The molecule has 13 heavy (non-hydrogen) atoms. The van der Waals surface area contributed by atoms with E-state index in [2.05, 4.69) is 10.9 Å². The molecule has 0 aromatic carbocycles. The first-order valence-corrected chi connectivity index (χ1v) is 3.40. The van der Waals surface area contributed by atoms with Gasteiger partial charge in [-0.15, -0.1) is 6.42 Å². The lowest BCUT2D eigenvalue weighted by atomic mass is 10.4. The van der Waals surface area contributed by atoms with Gasteiger partial charge in [-0.05, 0) is 0 Å². The Labute approximate surface area is 74.5 Å². The van der Waals surface area contributed by atoms with E-state index < -0.39 is 4.92 Å². The summed E-state index contributed by atoms with van der Waals surface area (Å²) in [5.41, 5.74) is -0.0759. The molecule has 0 aliphatic rings. The zero-order valence-corrected chi connectivity index (χ0v) is 6.64. The molecule has 66 valence electrons. The number of terminal acetylenes is 1. The topological polar surface area (TPSA) is 65.3 Å². The van der Waals surface area contributed by atoms with Crippen LogP contribution in [0.3, 0.4) is 0 Å². The fourth-order valence-corrected chi connectivity index (χ4v) is 0.681. The van der Waals surface area contributed by atoms with Crippen LogP contribution in [-0.4, -0.2) is 16.5 Å². The predicted molar refractivity (Wildman–Crippen MR) is 45.2 cm³/mol. The van der Waals surface area contributed by atoms with Gasteiger partial charge in [0.15, 0.2) is 6.61 Å². The smallest absolute Gasteiger partial charge is 0.287 e. The zero-order chi connectivity index (χ0) is 9.68. The van der Waals surface area contributed by atoms with Gasteiger partial charge < -0.3 is 4.74 Å². The van der Waals surface area contributed by atoms with Crippen molar-refractivity contribution in [2.75, 3.05) is 6.61 Å². The van der Waals surface area contributed by atoms with E-state index in [0.717, 1.165) is 6.20 Å². The first-order valence-electron chi connectivity index (χ1n) is 3.40. The van der Waals surface area contributed by atoms with Crippen LogP contribution in [0.1, 0.15) is 0 Å². The van der Waals surface area contributed by atoms with Crippen LogP contribution < -0.4 is 4.74 Å². The molecule has 1 aromatic rings. The van der Waals surface area contributed by atoms with Gasteiger partial charge in [0.2, 0.25) is 5.88 Å². The minimum absolute atomic E-state index is 0.0759. The third-order valence-corrected chi connectivity index (χ3v) is 1.23. The van der Waals surface area contributed by atoms with Crippen molar-refractivity contribution in [3.05, 3.63) is 28.4 Å². The molecule has 1 aromatic heterocycles. The van der Waals surface area contributed by atoms with Gasteiger partial charge in [0.05, 0.1) is 4.92 Å². The monoisotopic (exact) mass is 178 g/mol. The van der Waals surface area contributed by atoms with Crippen LogP contribution in [0.4, 0.5) is 5.69 Å². The predicted octanol–water partition coefficient (Wildman–Crippen LogP) is 1.00. The Morgan fingerprint density at radius 1 is 1.69 bits per heavy atom. The quantitative estimate of drug-likeness (QED) is 0.393. The third kappa shape index (κ3) is 2.45. The number of rotatable bonds is 3. The van der Waals surface area contributed by atoms with Crippen molar-refractivity contribution < 1.29 is 9.66 Å². The fourth-order valence-electron chi connectivity index (χ4n) is 0.681. The lowest BCUT2D eigenvalue weighted by molar-refractivity contribution is -0.385. The van der Waals surface area contributed by atoms with Crippen LogP contribution in [0.5, 0.6) is 5.88 Å². The molecule has 0 radical (unpaired) electrons. The minimum atomic E-state index is -0.530. The summed E-state index contributed by atoms with van der Waals surface area (Å²) in [6.07, 6.45) is 6.06. The van der Waals surface area contributed by atoms with Crippen molar-refractivity contribution in [2.24, 2.45) is 0 Å². The molecule has 0 amide bonds. The second kappa shape index (κ2) is 4.07. The van der Waals surface area contributed by atoms with Crippen molar-refractivity contribution in [2.45, 2.75) is 0 Å². The number of nitro groups is 1. The number of nitrogens with zero attached hydrogens (tertiary/aromatic N) is 2. The maximum atomic E-state index is 10.2. The summed E-state index contributed by atoms with van der Waals surface area (Å²) < 4.78 is 4.92. The molecule has 1 rings (SSSR count). The van der Waals surface area contributed by atoms with Gasteiger partial charge in [0.1, 0.15) is 6.20 Å². The van der Waals surface area contributed by atoms with E-state index in [9.17, 15) is 10.1 Å². The van der Waals surface area contributed by atoms with Gasteiger partial charge in [-0.25, -0.2) is 4.98 Å². The van der Waals surface area contributed by atoms with Crippen molar-refractivity contribution in [1.29, 1.82) is 0 Å². The van der Waals surface area contributed by atoms with Crippen LogP contribution in [0.25, 0.3) is 0 Å². The molecule has 0 saturated heterocycles. The molecule has 0 bridgehead atoms. The van der Waals surface area contributed by atoms with Crippen LogP contribution in [0.2, 0.25) is 0 Å². The van der Waals surface area contributed by atoms with E-state index in [0.29, 0.717) is 0 Å². The molecule has 5 nitrogen and oxygen atoms in total. The van der Waals surface area contributed by atoms with E-state index in [4.69, 9.17) is 11.2 Å². The molecule has 0 unspecified atom stereocenters. The molecular weight excluding hydrogens is 172 g/mol. The van der Waals surface area contributed by atoms with Crippen LogP contribution >= 0.6 is 0 Å². The van der Waals surface area contributed by atoms with E-state index in [1.54, 1.807) is 0 Å². The highest BCUT2D eigenvalue weighted by Crippen LogP contribution is 2.12. The Kier molecular flexibility index (Phi) is 2.82. The molecule has 0 aliphatic heterocycles. The Balaban J connectivity index is 2.71. The minimum Gasteiger partial charge on any atom is -0.464 e. The van der Waals surface area contributed by atoms with Gasteiger partial charge in [-0.2, -0.15) is 0 Å². The fraction of sp³-hybridized carbons (Fsp3) is 0.125. The van der Waals surface area contributed by atoms with E-state index in [1.165, 1.54) is 12.1 Å². The summed E-state index contributed by atoms with van der Waals surface area (Å²) >= 11 is 0. The van der Waals surface area contributed by atoms with Gasteiger partial charge >= 0.3 is 0 Å². The molecule has 0 fully saturated rings. The van der Waals surface area contributed by atoms with Crippen LogP contribution in [-0.2, 0) is 0 Å². The molecule has 0 spiro atoms. The second-order valence-corrected chi connectivity index (χ2v) is 2.10. The van der Waals surface area contributed by atoms with Crippen molar-refractivity contribution in [3.8, 4) is 18.2 Å². The maximum Gasteiger partial charge on any atom is 0.287 e. The first-order chi connectivity index (χ1) is 6.24. The summed E-state index contributed by atoms with van der Waals surface area (Å²) in [6, 6.07) is 2.70. The Hall–Kier alpha value is -2.09. The lowest BCUT2D eigenvalue weighted by Gasteiger charge is -1.98. The molecular formula is C8H6N2O3. The Morgan fingerprint density at radius 3 is 2.92 bits per heavy atom. The van der Waals surface area contributed by atoms with E-state index in [1.807, 2.05) is 0 Å². The summed E-state index contributed by atoms with van der Waals surface area (Å²) in [5, 5.41) is 10.2. The standard InChI is InChI=1S/C8H6N2O3/c1-2-5-13-8-4-3-7(6-9-8)10(11)12/h1,3-4,6H,5H2. The highest BCUT2D eigenvalue weighted by atomic mass is 16.6. The average molecular weight is 178 g/mol. The number of hydrogen-bond donors (Lipinski definition) is 0. The van der Waals surface area contributed by atoms with Crippen LogP contribution in [0.15, 0.2) is 18.3 Å². The van der Waals surface area contributed by atoms with Crippen LogP contribution in [0, 0.1) is 22.5 Å². The van der Waals surface area contributed by atoms with E-state index >= 15 is 0 Å². The third-order valence-electron chi connectivity index (χ3n) is 1.23. The lowest BCUT2D eigenvalue weighted by Crippen LogP contribution is -1.96. The van der Waals surface area contributed by atoms with Gasteiger partial charge in [0, 0.05) is 12.1 Å². The first kappa shape index (κ1) is 9.00. The number of hydrogen-bond acceptors (Lipinski definition) is 4. The number of aromatic nitrogens is 1. The van der Waals surface area contributed by atoms with Gasteiger partial charge in [0.25, 0.3) is 5.69 Å².